The van der Waals surface area contributed by atoms with Crippen LogP contribution in [0.4, 0.5) is 10.6 Å². The summed E-state index contributed by atoms with van der Waals surface area (Å²) in [4.78, 5) is 31.1. The second kappa shape index (κ2) is 6.91. The lowest BCUT2D eigenvalue weighted by Crippen LogP contribution is -2.55. The van der Waals surface area contributed by atoms with Crippen LogP contribution < -0.4 is 4.90 Å². The minimum Gasteiger partial charge on any atom is -0.378 e. The maximum absolute atomic E-state index is 12.7. The summed E-state index contributed by atoms with van der Waals surface area (Å²) in [7, 11) is 0. The molecule has 4 heterocycles. The van der Waals surface area contributed by atoms with Gasteiger partial charge in [0.2, 0.25) is 0 Å². The molecule has 5 rings (SSSR count). The van der Waals surface area contributed by atoms with Crippen molar-refractivity contribution in [2.75, 3.05) is 57.4 Å². The Kier molecular flexibility index (Phi) is 4.40. The third kappa shape index (κ3) is 3.04. The standard InChI is InChI=1S/C19H25N5O2S/c1-13-20-17(16-14-3-2-4-15(14)27-18(16)21-13)22-5-7-23(8-6-22)19(25)24-9-11-26-12-10-24/h2-12H2,1H3. The van der Waals surface area contributed by atoms with Gasteiger partial charge in [0.05, 0.1) is 18.6 Å². The number of fused-ring (bicyclic) bond motifs is 3. The van der Waals surface area contributed by atoms with E-state index in [4.69, 9.17) is 14.7 Å². The predicted octanol–water partition coefficient (Wildman–Crippen LogP) is 2.06. The summed E-state index contributed by atoms with van der Waals surface area (Å²) >= 11 is 1.84. The van der Waals surface area contributed by atoms with E-state index in [1.807, 2.05) is 28.1 Å². The van der Waals surface area contributed by atoms with E-state index in [1.165, 1.54) is 28.7 Å². The average Bonchev–Trinajstić information content (AvgIpc) is 3.28. The number of carbonyl (C=O) groups excluding carboxylic acids is 1. The van der Waals surface area contributed by atoms with Crippen molar-refractivity contribution in [2.24, 2.45) is 0 Å². The number of thiophene rings is 1. The third-order valence-corrected chi connectivity index (χ3v) is 6.97. The van der Waals surface area contributed by atoms with Crippen molar-refractivity contribution in [2.45, 2.75) is 26.2 Å². The highest BCUT2D eigenvalue weighted by Gasteiger charge is 2.29. The van der Waals surface area contributed by atoms with Gasteiger partial charge in [-0.15, -0.1) is 11.3 Å². The highest BCUT2D eigenvalue weighted by atomic mass is 32.1. The fourth-order valence-corrected chi connectivity index (χ4v) is 5.67. The van der Waals surface area contributed by atoms with Crippen LogP contribution in [-0.4, -0.2) is 78.3 Å². The molecule has 1 aliphatic carbocycles. The molecule has 27 heavy (non-hydrogen) atoms. The van der Waals surface area contributed by atoms with Crippen molar-refractivity contribution in [3.05, 3.63) is 16.3 Å². The van der Waals surface area contributed by atoms with Crippen molar-refractivity contribution in [1.82, 2.24) is 19.8 Å². The van der Waals surface area contributed by atoms with E-state index in [2.05, 4.69) is 4.90 Å². The number of urea groups is 1. The van der Waals surface area contributed by atoms with Crippen LogP contribution in [0.15, 0.2) is 0 Å². The molecule has 0 atom stereocenters. The number of rotatable bonds is 1. The molecule has 3 aliphatic rings. The Balaban J connectivity index is 1.36. The number of aromatic nitrogens is 2. The quantitative estimate of drug-likeness (QED) is 0.750. The van der Waals surface area contributed by atoms with E-state index < -0.39 is 0 Å². The molecule has 0 saturated carbocycles. The number of piperazine rings is 1. The average molecular weight is 388 g/mol. The zero-order valence-corrected chi connectivity index (χ0v) is 16.6. The van der Waals surface area contributed by atoms with Crippen LogP contribution in [0.1, 0.15) is 22.7 Å². The summed E-state index contributed by atoms with van der Waals surface area (Å²) in [6, 6.07) is 0.151. The van der Waals surface area contributed by atoms with E-state index in [9.17, 15) is 4.79 Å². The lowest BCUT2D eigenvalue weighted by atomic mass is 10.1. The molecular formula is C19H25N5O2S. The van der Waals surface area contributed by atoms with Crippen LogP contribution >= 0.6 is 11.3 Å². The number of nitrogens with zero attached hydrogens (tertiary/aromatic N) is 5. The summed E-state index contributed by atoms with van der Waals surface area (Å²) in [5, 5.41) is 1.27. The summed E-state index contributed by atoms with van der Waals surface area (Å²) in [5.41, 5.74) is 1.47. The molecule has 2 fully saturated rings. The zero-order chi connectivity index (χ0) is 18.4. The summed E-state index contributed by atoms with van der Waals surface area (Å²) in [5.74, 6) is 1.92. The molecule has 2 saturated heterocycles. The van der Waals surface area contributed by atoms with Gasteiger partial charge in [-0.2, -0.15) is 0 Å². The van der Waals surface area contributed by atoms with Gasteiger partial charge in [0, 0.05) is 44.1 Å². The van der Waals surface area contributed by atoms with E-state index in [-0.39, 0.29) is 6.03 Å². The van der Waals surface area contributed by atoms with Crippen LogP contribution in [0, 0.1) is 6.92 Å². The molecule has 0 aromatic carbocycles. The van der Waals surface area contributed by atoms with E-state index in [1.54, 1.807) is 0 Å². The first-order valence-corrected chi connectivity index (χ1v) is 10.7. The number of morpholine rings is 1. The highest BCUT2D eigenvalue weighted by Crippen LogP contribution is 2.40. The molecule has 2 aliphatic heterocycles. The van der Waals surface area contributed by atoms with E-state index in [0.29, 0.717) is 26.3 Å². The third-order valence-electron chi connectivity index (χ3n) is 5.79. The van der Waals surface area contributed by atoms with Crippen LogP contribution in [0.25, 0.3) is 10.2 Å². The summed E-state index contributed by atoms with van der Waals surface area (Å²) in [6.07, 6.45) is 3.56. The molecule has 144 valence electrons. The summed E-state index contributed by atoms with van der Waals surface area (Å²) in [6.45, 7) is 7.81. The second-order valence-corrected chi connectivity index (χ2v) is 8.57. The molecule has 7 nitrogen and oxygen atoms in total. The largest absolute Gasteiger partial charge is 0.378 e. The Morgan fingerprint density at radius 1 is 1.00 bits per heavy atom. The monoisotopic (exact) mass is 387 g/mol. The van der Waals surface area contributed by atoms with Gasteiger partial charge in [-0.1, -0.05) is 0 Å². The van der Waals surface area contributed by atoms with Crippen molar-refractivity contribution in [1.29, 1.82) is 0 Å². The maximum atomic E-state index is 12.7. The minimum atomic E-state index is 0.151. The van der Waals surface area contributed by atoms with Crippen molar-refractivity contribution < 1.29 is 9.53 Å². The number of carbonyl (C=O) groups is 1. The topological polar surface area (TPSA) is 61.8 Å². The Hall–Kier alpha value is -1.93. The van der Waals surface area contributed by atoms with Crippen molar-refractivity contribution in [3.63, 3.8) is 0 Å². The molecule has 0 unspecified atom stereocenters. The Morgan fingerprint density at radius 3 is 2.52 bits per heavy atom. The smallest absolute Gasteiger partial charge is 0.320 e. The number of ether oxygens (including phenoxy) is 1. The molecule has 0 bridgehead atoms. The maximum Gasteiger partial charge on any atom is 0.320 e. The van der Waals surface area contributed by atoms with Crippen molar-refractivity contribution in [3.8, 4) is 0 Å². The second-order valence-electron chi connectivity index (χ2n) is 7.49. The van der Waals surface area contributed by atoms with Crippen molar-refractivity contribution >= 4 is 33.4 Å². The number of hydrogen-bond acceptors (Lipinski definition) is 6. The van der Waals surface area contributed by atoms with Gasteiger partial charge in [0.1, 0.15) is 16.5 Å². The van der Waals surface area contributed by atoms with Gasteiger partial charge in [0.25, 0.3) is 0 Å². The van der Waals surface area contributed by atoms with Crippen LogP contribution in [-0.2, 0) is 17.6 Å². The molecule has 2 aromatic heterocycles. The zero-order valence-electron chi connectivity index (χ0n) is 15.7. The normalized spacial score (nSPS) is 20.4. The fraction of sp³-hybridized carbons (Fsp3) is 0.632. The number of anilines is 1. The first kappa shape index (κ1) is 17.2. The van der Waals surface area contributed by atoms with Crippen LogP contribution in [0.3, 0.4) is 0 Å². The van der Waals surface area contributed by atoms with Gasteiger partial charge in [-0.05, 0) is 31.7 Å². The minimum absolute atomic E-state index is 0.151. The highest BCUT2D eigenvalue weighted by molar-refractivity contribution is 7.19. The van der Waals surface area contributed by atoms with Gasteiger partial charge in [-0.3, -0.25) is 0 Å². The Bertz CT molecular complexity index is 869. The predicted molar refractivity (Wildman–Crippen MR) is 106 cm³/mol. The van der Waals surface area contributed by atoms with Crippen LogP contribution in [0.2, 0.25) is 0 Å². The van der Waals surface area contributed by atoms with Gasteiger partial charge < -0.3 is 19.4 Å². The first-order valence-electron chi connectivity index (χ1n) is 9.86. The summed E-state index contributed by atoms with van der Waals surface area (Å²) < 4.78 is 5.36. The molecule has 8 heteroatoms. The molecule has 0 N–H and O–H groups in total. The lowest BCUT2D eigenvalue weighted by molar-refractivity contribution is 0.0428. The fourth-order valence-electron chi connectivity index (χ4n) is 4.37. The first-order chi connectivity index (χ1) is 13.2. The molecular weight excluding hydrogens is 362 g/mol. The number of hydrogen-bond donors (Lipinski definition) is 0. The molecule has 2 aromatic rings. The van der Waals surface area contributed by atoms with E-state index >= 15 is 0 Å². The SMILES string of the molecule is Cc1nc(N2CCN(C(=O)N3CCOCC3)CC2)c2c3c(sc2n1)CCC3. The molecule has 0 radical (unpaired) electrons. The van der Waals surface area contributed by atoms with Gasteiger partial charge >= 0.3 is 6.03 Å². The van der Waals surface area contributed by atoms with Gasteiger partial charge in [0.15, 0.2) is 0 Å². The Labute approximate surface area is 162 Å². The lowest BCUT2D eigenvalue weighted by Gasteiger charge is -2.39. The van der Waals surface area contributed by atoms with E-state index in [0.717, 1.165) is 49.1 Å². The molecule has 0 spiro atoms. The Morgan fingerprint density at radius 2 is 1.74 bits per heavy atom. The van der Waals surface area contributed by atoms with Gasteiger partial charge in [-0.25, -0.2) is 14.8 Å². The number of aryl methyl sites for hydroxylation is 3. The number of amides is 2. The molecule has 2 amide bonds. The van der Waals surface area contributed by atoms with Crippen LogP contribution in [0.5, 0.6) is 0 Å².